The Morgan fingerprint density at radius 1 is 0.950 bits per heavy atom. The van der Waals surface area contributed by atoms with E-state index in [1.54, 1.807) is 13.2 Å². The molecule has 0 aromatic heterocycles. The first-order chi connectivity index (χ1) is 19.4. The smallest absolute Gasteiger partial charge is 0.269 e. The van der Waals surface area contributed by atoms with E-state index in [2.05, 4.69) is 33.6 Å². The van der Waals surface area contributed by atoms with Crippen LogP contribution in [0.15, 0.2) is 71.9 Å². The van der Waals surface area contributed by atoms with Crippen LogP contribution in [0.4, 0.5) is 28.4 Å². The highest BCUT2D eigenvalue weighted by Crippen LogP contribution is 2.40. The van der Waals surface area contributed by atoms with Gasteiger partial charge in [0.15, 0.2) is 0 Å². The summed E-state index contributed by atoms with van der Waals surface area (Å²) < 4.78 is 5.79. The van der Waals surface area contributed by atoms with Crippen LogP contribution in [0.2, 0.25) is 0 Å². The number of hydrogen-bond donors (Lipinski definition) is 1. The Hall–Kier alpha value is -4.01. The van der Waals surface area contributed by atoms with Crippen molar-refractivity contribution in [3.05, 3.63) is 71.8 Å². The fourth-order valence-corrected chi connectivity index (χ4v) is 4.34. The van der Waals surface area contributed by atoms with Gasteiger partial charge in [-0.1, -0.05) is 37.8 Å². The number of nitro groups is 1. The van der Waals surface area contributed by atoms with Crippen LogP contribution < -0.4 is 15.0 Å². The zero-order chi connectivity index (χ0) is 29.2. The van der Waals surface area contributed by atoms with E-state index < -0.39 is 4.92 Å². The summed E-state index contributed by atoms with van der Waals surface area (Å²) >= 11 is 0. The summed E-state index contributed by atoms with van der Waals surface area (Å²) in [5, 5.41) is 22.4. The van der Waals surface area contributed by atoms with E-state index in [-0.39, 0.29) is 11.6 Å². The summed E-state index contributed by atoms with van der Waals surface area (Å²) in [6.45, 7) is 10.8. The van der Waals surface area contributed by atoms with Gasteiger partial charge in [0.05, 0.1) is 29.1 Å². The summed E-state index contributed by atoms with van der Waals surface area (Å²) in [4.78, 5) is 24.9. The molecule has 2 rings (SSSR count). The van der Waals surface area contributed by atoms with Crippen molar-refractivity contribution in [3.63, 3.8) is 0 Å². The fraction of sp³-hybridized carbons (Fsp3) is 0.452. The number of nitro benzene ring substituents is 1. The second kappa shape index (κ2) is 18.3. The molecule has 0 saturated heterocycles. The quantitative estimate of drug-likeness (QED) is 0.0582. The predicted molar refractivity (Wildman–Crippen MR) is 163 cm³/mol. The number of allylic oxidation sites excluding steroid dienone is 2. The van der Waals surface area contributed by atoms with E-state index >= 15 is 0 Å². The first-order valence-corrected chi connectivity index (χ1v) is 14.0. The number of carbonyl (C=O) groups excluding carboxylic acids is 1. The number of unbranched alkanes of at least 4 members (excludes halogenated alkanes) is 8. The van der Waals surface area contributed by atoms with Crippen molar-refractivity contribution in [2.45, 2.75) is 71.1 Å². The minimum Gasteiger partial charge on any atom is -0.494 e. The molecule has 40 heavy (non-hydrogen) atoms. The third-order valence-electron chi connectivity index (χ3n) is 6.45. The largest absolute Gasteiger partial charge is 0.494 e. The normalized spacial score (nSPS) is 10.8. The van der Waals surface area contributed by atoms with Gasteiger partial charge in [0.25, 0.3) is 5.69 Å². The van der Waals surface area contributed by atoms with Gasteiger partial charge >= 0.3 is 0 Å². The second-order valence-electron chi connectivity index (χ2n) is 9.67. The number of anilines is 2. The fourth-order valence-electron chi connectivity index (χ4n) is 4.34. The number of benzene rings is 2. The van der Waals surface area contributed by atoms with Crippen LogP contribution in [0.1, 0.15) is 71.1 Å². The molecular formula is C31H43N5O4. The molecule has 0 spiro atoms. The van der Waals surface area contributed by atoms with Gasteiger partial charge in [-0.3, -0.25) is 14.9 Å². The van der Waals surface area contributed by atoms with Crippen molar-refractivity contribution >= 4 is 34.3 Å². The van der Waals surface area contributed by atoms with Gasteiger partial charge < -0.3 is 15.0 Å². The number of rotatable bonds is 20. The first kappa shape index (κ1) is 32.2. The Kier molecular flexibility index (Phi) is 14.7. The molecule has 0 aliphatic rings. The SMILES string of the molecule is C=CCCCCCCN(CCCCCCC=C)c1cc(NC(C)=O)c(N=Nc2ccc([N+](=O)[O-])cc2)cc1OC. The topological polar surface area (TPSA) is 109 Å². The number of carbonyl (C=O) groups is 1. The van der Waals surface area contributed by atoms with Gasteiger partial charge in [0.2, 0.25) is 5.91 Å². The molecule has 216 valence electrons. The number of nitrogens with one attached hydrogen (secondary N) is 1. The maximum Gasteiger partial charge on any atom is 0.269 e. The Bertz CT molecular complexity index is 1110. The average molecular weight is 550 g/mol. The van der Waals surface area contributed by atoms with Gasteiger partial charge in [0, 0.05) is 38.2 Å². The third kappa shape index (κ3) is 11.4. The number of methoxy groups -OCH3 is 1. The molecule has 1 amide bonds. The zero-order valence-electron chi connectivity index (χ0n) is 23.9. The van der Waals surface area contributed by atoms with Crippen LogP contribution in [-0.4, -0.2) is 31.0 Å². The number of non-ortho nitro benzene ring substituents is 1. The molecular weight excluding hydrogens is 506 g/mol. The van der Waals surface area contributed by atoms with Crippen molar-refractivity contribution in [2.75, 3.05) is 30.4 Å². The Balaban J connectivity index is 2.31. The lowest BCUT2D eigenvalue weighted by atomic mass is 10.1. The first-order valence-electron chi connectivity index (χ1n) is 14.0. The van der Waals surface area contributed by atoms with Crippen molar-refractivity contribution in [1.82, 2.24) is 0 Å². The average Bonchev–Trinajstić information content (AvgIpc) is 2.94. The Morgan fingerprint density at radius 2 is 1.52 bits per heavy atom. The molecule has 2 aromatic carbocycles. The van der Waals surface area contributed by atoms with Crippen LogP contribution in [0, 0.1) is 10.1 Å². The zero-order valence-corrected chi connectivity index (χ0v) is 23.9. The second-order valence-corrected chi connectivity index (χ2v) is 9.67. The monoisotopic (exact) mass is 549 g/mol. The molecule has 0 fully saturated rings. The van der Waals surface area contributed by atoms with Gasteiger partial charge in [-0.2, -0.15) is 5.11 Å². The highest BCUT2D eigenvalue weighted by molar-refractivity contribution is 5.93. The van der Waals surface area contributed by atoms with Crippen LogP contribution in [0.5, 0.6) is 5.75 Å². The van der Waals surface area contributed by atoms with Crippen LogP contribution in [-0.2, 0) is 4.79 Å². The van der Waals surface area contributed by atoms with E-state index in [0.717, 1.165) is 83.0 Å². The van der Waals surface area contributed by atoms with E-state index in [4.69, 9.17) is 4.74 Å². The van der Waals surface area contributed by atoms with Crippen LogP contribution in [0.3, 0.4) is 0 Å². The van der Waals surface area contributed by atoms with Crippen molar-refractivity contribution < 1.29 is 14.5 Å². The number of hydrogen-bond acceptors (Lipinski definition) is 7. The van der Waals surface area contributed by atoms with Gasteiger partial charge in [0.1, 0.15) is 11.4 Å². The molecule has 0 aliphatic carbocycles. The van der Waals surface area contributed by atoms with Gasteiger partial charge in [-0.15, -0.1) is 18.3 Å². The number of nitrogens with zero attached hydrogens (tertiary/aromatic N) is 4. The van der Waals surface area contributed by atoms with E-state index in [1.807, 2.05) is 18.2 Å². The highest BCUT2D eigenvalue weighted by atomic mass is 16.6. The van der Waals surface area contributed by atoms with Crippen molar-refractivity contribution in [1.29, 1.82) is 0 Å². The summed E-state index contributed by atoms with van der Waals surface area (Å²) in [5.41, 5.74) is 2.29. The predicted octanol–water partition coefficient (Wildman–Crippen LogP) is 9.06. The van der Waals surface area contributed by atoms with Crippen LogP contribution in [0.25, 0.3) is 0 Å². The molecule has 0 unspecified atom stereocenters. The Labute approximate surface area is 238 Å². The lowest BCUT2D eigenvalue weighted by Crippen LogP contribution is -2.26. The summed E-state index contributed by atoms with van der Waals surface area (Å²) in [7, 11) is 1.62. The molecule has 0 heterocycles. The molecule has 0 bridgehead atoms. The maximum atomic E-state index is 12.1. The lowest BCUT2D eigenvalue weighted by Gasteiger charge is -2.28. The molecule has 0 saturated carbocycles. The molecule has 9 nitrogen and oxygen atoms in total. The summed E-state index contributed by atoms with van der Waals surface area (Å²) in [5.74, 6) is 0.420. The maximum absolute atomic E-state index is 12.1. The molecule has 0 radical (unpaired) electrons. The van der Waals surface area contributed by atoms with Crippen molar-refractivity contribution in [3.8, 4) is 5.75 Å². The molecule has 0 atom stereocenters. The highest BCUT2D eigenvalue weighted by Gasteiger charge is 2.17. The Morgan fingerprint density at radius 3 is 2.02 bits per heavy atom. The molecule has 9 heteroatoms. The van der Waals surface area contributed by atoms with Crippen molar-refractivity contribution in [2.24, 2.45) is 10.2 Å². The van der Waals surface area contributed by atoms with E-state index in [1.165, 1.54) is 31.2 Å². The summed E-state index contributed by atoms with van der Waals surface area (Å²) in [6, 6.07) is 9.48. The number of amides is 1. The molecule has 0 aliphatic heterocycles. The van der Waals surface area contributed by atoms with E-state index in [9.17, 15) is 14.9 Å². The van der Waals surface area contributed by atoms with Gasteiger partial charge in [-0.05, 0) is 56.7 Å². The van der Waals surface area contributed by atoms with Crippen LogP contribution >= 0.6 is 0 Å². The van der Waals surface area contributed by atoms with Gasteiger partial charge in [-0.25, -0.2) is 0 Å². The third-order valence-corrected chi connectivity index (χ3v) is 6.45. The minimum absolute atomic E-state index is 0.0228. The number of ether oxygens (including phenoxy) is 1. The molecule has 1 N–H and O–H groups in total. The lowest BCUT2D eigenvalue weighted by molar-refractivity contribution is -0.384. The number of azo groups is 1. The standard InChI is InChI=1S/C31H43N5O4/c1-5-7-9-11-13-15-21-35(22-16-14-12-10-8-6-2)30-23-28(32-25(3)37)29(24-31(30)40-4)34-33-26-17-19-27(20-18-26)36(38)39/h5-6,17-20,23-24H,1-2,7-16,21-22H2,3-4H3,(H,32,37). The minimum atomic E-state index is -0.465. The molecule has 2 aromatic rings. The van der Waals surface area contributed by atoms with E-state index in [0.29, 0.717) is 22.8 Å². The summed E-state index contributed by atoms with van der Waals surface area (Å²) in [6.07, 6.45) is 15.0.